The third-order valence-electron chi connectivity index (χ3n) is 5.36. The maximum atomic E-state index is 11.9. The monoisotopic (exact) mass is 460 g/mol. The SMILES string of the molecule is COc1ccc(C(C)=O)c(O[C@@H]2O[C@H](CO[C@@H]3OC[C@@H](O)[C@H](O)[C@H]3O)[C@@H](O)[C@H](O)[C@H]2O)c1. The highest BCUT2D eigenvalue weighted by Gasteiger charge is 2.46. The standard InChI is InChI=1S/C20H28O12/c1-8(21)10-4-3-9(28-2)5-12(10)31-20-18(27)16(25)15(24)13(32-20)7-30-19-17(26)14(23)11(22)6-29-19/h3-5,11,13-20,22-27H,6-7H2,1-2H3/t11-,13-,14+,15-,16+,17-,18-,19+,20-/m1/s1. The molecule has 2 aliphatic rings. The van der Waals surface area contributed by atoms with Crippen LogP contribution in [0.25, 0.3) is 0 Å². The summed E-state index contributed by atoms with van der Waals surface area (Å²) in [6, 6.07) is 4.44. The highest BCUT2D eigenvalue weighted by molar-refractivity contribution is 5.97. The largest absolute Gasteiger partial charge is 0.497 e. The predicted octanol–water partition coefficient (Wildman–Crippen LogP) is -2.46. The Morgan fingerprint density at radius 3 is 2.34 bits per heavy atom. The van der Waals surface area contributed by atoms with Crippen LogP contribution in [0.4, 0.5) is 0 Å². The van der Waals surface area contributed by atoms with Gasteiger partial charge in [0.2, 0.25) is 6.29 Å². The molecule has 9 atom stereocenters. The first-order chi connectivity index (χ1) is 15.1. The summed E-state index contributed by atoms with van der Waals surface area (Å²) in [7, 11) is 1.42. The van der Waals surface area contributed by atoms with E-state index in [0.29, 0.717) is 5.75 Å². The molecule has 0 aromatic heterocycles. The zero-order valence-electron chi connectivity index (χ0n) is 17.5. The van der Waals surface area contributed by atoms with Crippen LogP contribution in [0.2, 0.25) is 0 Å². The van der Waals surface area contributed by atoms with Gasteiger partial charge in [-0.2, -0.15) is 0 Å². The van der Waals surface area contributed by atoms with Crippen molar-refractivity contribution in [2.45, 2.75) is 62.2 Å². The molecular weight excluding hydrogens is 432 g/mol. The lowest BCUT2D eigenvalue weighted by atomic mass is 9.99. The molecule has 0 spiro atoms. The molecule has 3 rings (SSSR count). The van der Waals surface area contributed by atoms with Crippen molar-refractivity contribution in [3.05, 3.63) is 23.8 Å². The van der Waals surface area contributed by atoms with E-state index in [1.807, 2.05) is 0 Å². The molecule has 2 heterocycles. The molecule has 1 aromatic rings. The van der Waals surface area contributed by atoms with Gasteiger partial charge in [0, 0.05) is 6.07 Å². The summed E-state index contributed by atoms with van der Waals surface area (Å²) < 4.78 is 26.8. The van der Waals surface area contributed by atoms with Gasteiger partial charge < -0.3 is 54.3 Å². The minimum absolute atomic E-state index is 0.0345. The first-order valence-electron chi connectivity index (χ1n) is 9.96. The Kier molecular flexibility index (Phi) is 8.03. The molecule has 6 N–H and O–H groups in total. The molecule has 0 bridgehead atoms. The number of carbonyl (C=O) groups is 1. The van der Waals surface area contributed by atoms with E-state index in [2.05, 4.69) is 0 Å². The van der Waals surface area contributed by atoms with Crippen LogP contribution in [0.15, 0.2) is 18.2 Å². The van der Waals surface area contributed by atoms with Crippen LogP contribution in [0, 0.1) is 0 Å². The van der Waals surface area contributed by atoms with Crippen molar-refractivity contribution >= 4 is 5.78 Å². The quantitative estimate of drug-likeness (QED) is 0.236. The van der Waals surface area contributed by atoms with Gasteiger partial charge in [-0.15, -0.1) is 0 Å². The number of Topliss-reactive ketones (excluding diaryl/α,β-unsaturated/α-hetero) is 1. The Morgan fingerprint density at radius 2 is 1.69 bits per heavy atom. The lowest BCUT2D eigenvalue weighted by Gasteiger charge is -2.41. The number of aliphatic hydroxyl groups is 6. The molecule has 0 amide bonds. The molecule has 0 saturated carbocycles. The number of methoxy groups -OCH3 is 1. The smallest absolute Gasteiger partial charge is 0.229 e. The third-order valence-corrected chi connectivity index (χ3v) is 5.36. The zero-order valence-corrected chi connectivity index (χ0v) is 17.5. The zero-order chi connectivity index (χ0) is 23.6. The lowest BCUT2D eigenvalue weighted by Crippen LogP contribution is -2.61. The normalized spacial score (nSPS) is 37.7. The molecule has 180 valence electrons. The summed E-state index contributed by atoms with van der Waals surface area (Å²) in [6.45, 7) is 0.615. The van der Waals surface area contributed by atoms with Gasteiger partial charge in [0.15, 0.2) is 12.1 Å². The minimum Gasteiger partial charge on any atom is -0.497 e. The van der Waals surface area contributed by atoms with Gasteiger partial charge in [-0.1, -0.05) is 0 Å². The summed E-state index contributed by atoms with van der Waals surface area (Å²) >= 11 is 0. The summed E-state index contributed by atoms with van der Waals surface area (Å²) in [4.78, 5) is 11.9. The number of hydrogen-bond donors (Lipinski definition) is 6. The maximum Gasteiger partial charge on any atom is 0.229 e. The van der Waals surface area contributed by atoms with Crippen molar-refractivity contribution in [2.24, 2.45) is 0 Å². The van der Waals surface area contributed by atoms with Crippen molar-refractivity contribution < 1.29 is 59.1 Å². The van der Waals surface area contributed by atoms with Crippen molar-refractivity contribution in [2.75, 3.05) is 20.3 Å². The van der Waals surface area contributed by atoms with Crippen molar-refractivity contribution in [1.82, 2.24) is 0 Å². The average Bonchev–Trinajstić information content (AvgIpc) is 2.77. The van der Waals surface area contributed by atoms with Gasteiger partial charge in [0.25, 0.3) is 0 Å². The van der Waals surface area contributed by atoms with Crippen LogP contribution >= 0.6 is 0 Å². The van der Waals surface area contributed by atoms with E-state index in [-0.39, 0.29) is 23.7 Å². The van der Waals surface area contributed by atoms with Crippen LogP contribution in [0.3, 0.4) is 0 Å². The summed E-state index contributed by atoms with van der Waals surface area (Å²) in [5.41, 5.74) is 0.182. The predicted molar refractivity (Wildman–Crippen MR) is 104 cm³/mol. The van der Waals surface area contributed by atoms with Gasteiger partial charge >= 0.3 is 0 Å². The van der Waals surface area contributed by atoms with E-state index in [1.54, 1.807) is 6.07 Å². The molecule has 2 saturated heterocycles. The molecule has 2 fully saturated rings. The summed E-state index contributed by atoms with van der Waals surface area (Å²) in [6.07, 6.45) is -13.3. The first-order valence-corrected chi connectivity index (χ1v) is 9.96. The van der Waals surface area contributed by atoms with E-state index >= 15 is 0 Å². The average molecular weight is 460 g/mol. The molecule has 0 radical (unpaired) electrons. The number of benzene rings is 1. The third kappa shape index (κ3) is 5.20. The van der Waals surface area contributed by atoms with Crippen molar-refractivity contribution in [3.63, 3.8) is 0 Å². The highest BCUT2D eigenvalue weighted by Crippen LogP contribution is 2.30. The number of rotatable bonds is 7. The van der Waals surface area contributed by atoms with E-state index in [9.17, 15) is 35.4 Å². The van der Waals surface area contributed by atoms with Gasteiger partial charge in [-0.25, -0.2) is 0 Å². The van der Waals surface area contributed by atoms with E-state index in [4.69, 9.17) is 23.7 Å². The molecular formula is C20H28O12. The summed E-state index contributed by atoms with van der Waals surface area (Å²) in [5, 5.41) is 60.0. The van der Waals surface area contributed by atoms with Crippen LogP contribution < -0.4 is 9.47 Å². The van der Waals surface area contributed by atoms with Crippen molar-refractivity contribution in [3.8, 4) is 11.5 Å². The van der Waals surface area contributed by atoms with E-state index in [1.165, 1.54) is 26.2 Å². The second kappa shape index (κ2) is 10.4. The highest BCUT2D eigenvalue weighted by atomic mass is 16.7. The van der Waals surface area contributed by atoms with Gasteiger partial charge in [0.1, 0.15) is 54.2 Å². The van der Waals surface area contributed by atoms with Crippen molar-refractivity contribution in [1.29, 1.82) is 0 Å². The summed E-state index contributed by atoms with van der Waals surface area (Å²) in [5.74, 6) is 0.0878. The fourth-order valence-corrected chi connectivity index (χ4v) is 3.41. The molecule has 12 heteroatoms. The molecule has 32 heavy (non-hydrogen) atoms. The number of ketones is 1. The Bertz CT molecular complexity index is 788. The topological polar surface area (TPSA) is 185 Å². The fourth-order valence-electron chi connectivity index (χ4n) is 3.41. The second-order valence-electron chi connectivity index (χ2n) is 7.63. The second-order valence-corrected chi connectivity index (χ2v) is 7.63. The molecule has 12 nitrogen and oxygen atoms in total. The molecule has 2 aliphatic heterocycles. The van der Waals surface area contributed by atoms with Crippen LogP contribution in [0.1, 0.15) is 17.3 Å². The first kappa shape index (κ1) is 24.8. The number of carbonyl (C=O) groups excluding carboxylic acids is 1. The lowest BCUT2D eigenvalue weighted by molar-refractivity contribution is -0.307. The maximum absolute atomic E-state index is 11.9. The van der Waals surface area contributed by atoms with Crippen LogP contribution in [0.5, 0.6) is 11.5 Å². The Balaban J connectivity index is 1.71. The number of aliphatic hydroxyl groups excluding tert-OH is 6. The van der Waals surface area contributed by atoms with Gasteiger partial charge in [-0.05, 0) is 19.1 Å². The van der Waals surface area contributed by atoms with Gasteiger partial charge in [-0.3, -0.25) is 4.79 Å². The van der Waals surface area contributed by atoms with Crippen LogP contribution in [-0.2, 0) is 14.2 Å². The molecule has 0 aliphatic carbocycles. The Morgan fingerprint density at radius 1 is 1.00 bits per heavy atom. The number of hydrogen-bond acceptors (Lipinski definition) is 12. The van der Waals surface area contributed by atoms with Gasteiger partial charge in [0.05, 0.1) is 25.9 Å². The molecule has 0 unspecified atom stereocenters. The minimum atomic E-state index is -1.68. The Hall–Kier alpha value is -1.87. The fraction of sp³-hybridized carbons (Fsp3) is 0.650. The van der Waals surface area contributed by atoms with Crippen LogP contribution in [-0.4, -0.2) is 112 Å². The number of ether oxygens (including phenoxy) is 5. The van der Waals surface area contributed by atoms with E-state index < -0.39 is 61.9 Å². The molecule has 1 aromatic carbocycles. The Labute approximate surface area is 183 Å². The van der Waals surface area contributed by atoms with E-state index in [0.717, 1.165) is 0 Å².